The van der Waals surface area contributed by atoms with Gasteiger partial charge in [0, 0.05) is 19.6 Å². The monoisotopic (exact) mass is 328 g/mol. The summed E-state index contributed by atoms with van der Waals surface area (Å²) >= 11 is 0. The van der Waals surface area contributed by atoms with Crippen LogP contribution in [-0.2, 0) is 19.5 Å². The van der Waals surface area contributed by atoms with Gasteiger partial charge >= 0.3 is 0 Å². The van der Waals surface area contributed by atoms with Crippen molar-refractivity contribution in [3.05, 3.63) is 54.1 Å². The molecule has 0 spiro atoms. The fourth-order valence-electron chi connectivity index (χ4n) is 3.01. The summed E-state index contributed by atoms with van der Waals surface area (Å²) in [6, 6.07) is 7.86. The molecule has 128 valence electrons. The third-order valence-corrected chi connectivity index (χ3v) is 4.25. The van der Waals surface area contributed by atoms with Gasteiger partial charge in [0.2, 0.25) is 0 Å². The molecule has 1 aromatic heterocycles. The molecule has 0 unspecified atom stereocenters. The average molecular weight is 328 g/mol. The highest BCUT2D eigenvalue weighted by molar-refractivity contribution is 5.34. The molecule has 0 aliphatic carbocycles. The van der Waals surface area contributed by atoms with Crippen LogP contribution in [0.4, 0.5) is 0 Å². The maximum Gasteiger partial charge on any atom is 0.147 e. The lowest BCUT2D eigenvalue weighted by Crippen LogP contribution is -2.40. The molecule has 3 rings (SSSR count). The molecule has 24 heavy (non-hydrogen) atoms. The van der Waals surface area contributed by atoms with Crippen LogP contribution in [0.2, 0.25) is 0 Å². The van der Waals surface area contributed by atoms with E-state index in [2.05, 4.69) is 26.2 Å². The number of ether oxygens (including phenoxy) is 1. The summed E-state index contributed by atoms with van der Waals surface area (Å²) in [7, 11) is 0. The summed E-state index contributed by atoms with van der Waals surface area (Å²) in [5.74, 6) is 2.72. The number of rotatable bonds is 7. The van der Waals surface area contributed by atoms with Crippen LogP contribution < -0.4 is 4.74 Å². The molecule has 0 bridgehead atoms. The van der Waals surface area contributed by atoms with Crippen molar-refractivity contribution in [2.75, 3.05) is 19.7 Å². The van der Waals surface area contributed by atoms with Crippen LogP contribution in [0.15, 0.2) is 36.9 Å². The molecule has 0 saturated heterocycles. The van der Waals surface area contributed by atoms with Gasteiger partial charge in [-0.2, -0.15) is 0 Å². The minimum Gasteiger partial charge on any atom is -0.491 e. The van der Waals surface area contributed by atoms with Crippen LogP contribution in [0.25, 0.3) is 0 Å². The van der Waals surface area contributed by atoms with E-state index in [4.69, 9.17) is 4.74 Å². The number of hydrogen-bond donors (Lipinski definition) is 1. The van der Waals surface area contributed by atoms with Gasteiger partial charge in [-0.1, -0.05) is 24.3 Å². The van der Waals surface area contributed by atoms with E-state index in [0.29, 0.717) is 13.1 Å². The second-order valence-corrected chi connectivity index (χ2v) is 6.12. The van der Waals surface area contributed by atoms with Crippen LogP contribution in [0, 0.1) is 6.92 Å². The third kappa shape index (κ3) is 3.83. The Balaban J connectivity index is 1.52. The number of hydrogen-bond acceptors (Lipinski definition) is 5. The predicted octanol–water partition coefficient (Wildman–Crippen LogP) is 1.57. The summed E-state index contributed by atoms with van der Waals surface area (Å²) in [4.78, 5) is 2.19. The lowest BCUT2D eigenvalue weighted by molar-refractivity contribution is 0.0579. The number of para-hydroxylation sites is 1. The van der Waals surface area contributed by atoms with Crippen LogP contribution in [-0.4, -0.2) is 50.6 Å². The number of aliphatic hydroxyl groups excluding tert-OH is 1. The number of aryl methyl sites for hydroxylation is 1. The minimum atomic E-state index is -0.544. The Morgan fingerprint density at radius 2 is 2.17 bits per heavy atom. The standard InChI is InChI=1S/C18H24N4O2/c1-3-6-15-7-4-5-8-17(15)24-13-16(23)11-21-9-10-22-14(2)19-20-18(22)12-21/h3-5,7-8,16,23H,1,6,9-13H2,2H3/t16-/m1/s1. The molecule has 0 saturated carbocycles. The maximum atomic E-state index is 10.3. The molecule has 1 aliphatic heterocycles. The second kappa shape index (κ2) is 7.59. The van der Waals surface area contributed by atoms with E-state index < -0.39 is 6.10 Å². The minimum absolute atomic E-state index is 0.274. The largest absolute Gasteiger partial charge is 0.491 e. The summed E-state index contributed by atoms with van der Waals surface area (Å²) in [6.45, 7) is 9.04. The molecular formula is C18H24N4O2. The van der Waals surface area contributed by atoms with Crippen molar-refractivity contribution in [2.45, 2.75) is 32.5 Å². The Morgan fingerprint density at radius 1 is 1.33 bits per heavy atom. The van der Waals surface area contributed by atoms with Gasteiger partial charge in [-0.25, -0.2) is 0 Å². The van der Waals surface area contributed by atoms with Gasteiger partial charge in [0.05, 0.1) is 6.54 Å². The number of fused-ring (bicyclic) bond motifs is 1. The summed E-state index contributed by atoms with van der Waals surface area (Å²) in [5, 5.41) is 18.6. The predicted molar refractivity (Wildman–Crippen MR) is 91.9 cm³/mol. The molecule has 1 aliphatic rings. The normalized spacial score (nSPS) is 15.8. The average Bonchev–Trinajstić information content (AvgIpc) is 2.95. The molecule has 1 N–H and O–H groups in total. The van der Waals surface area contributed by atoms with E-state index >= 15 is 0 Å². The number of allylic oxidation sites excluding steroid dienone is 1. The molecular weight excluding hydrogens is 304 g/mol. The summed E-state index contributed by atoms with van der Waals surface area (Å²) in [5.41, 5.74) is 1.08. The van der Waals surface area contributed by atoms with E-state index in [1.165, 1.54) is 0 Å². The highest BCUT2D eigenvalue weighted by Gasteiger charge is 2.21. The zero-order chi connectivity index (χ0) is 16.9. The smallest absolute Gasteiger partial charge is 0.147 e. The molecule has 6 nitrogen and oxygen atoms in total. The Hall–Kier alpha value is -2.18. The first-order valence-electron chi connectivity index (χ1n) is 8.28. The Labute approximate surface area is 142 Å². The first-order chi connectivity index (χ1) is 11.7. The molecule has 2 aromatic rings. The Bertz CT molecular complexity index is 698. The lowest BCUT2D eigenvalue weighted by Gasteiger charge is -2.29. The fourth-order valence-corrected chi connectivity index (χ4v) is 3.01. The van der Waals surface area contributed by atoms with Gasteiger partial charge in [-0.3, -0.25) is 4.90 Å². The van der Waals surface area contributed by atoms with Crippen LogP contribution in [0.3, 0.4) is 0 Å². The highest BCUT2D eigenvalue weighted by Crippen LogP contribution is 2.19. The van der Waals surface area contributed by atoms with Crippen molar-refractivity contribution in [2.24, 2.45) is 0 Å². The number of aromatic nitrogens is 3. The summed E-state index contributed by atoms with van der Waals surface area (Å²) in [6.07, 6.45) is 2.06. The number of aliphatic hydroxyl groups is 1. The molecule has 0 radical (unpaired) electrons. The van der Waals surface area contributed by atoms with Gasteiger partial charge in [0.1, 0.15) is 30.1 Å². The van der Waals surface area contributed by atoms with Gasteiger partial charge in [0.25, 0.3) is 0 Å². The van der Waals surface area contributed by atoms with E-state index in [-0.39, 0.29) is 6.61 Å². The molecule has 2 heterocycles. The number of β-amino-alcohol motifs (C(OH)–C–C–N with tert-alkyl or cyclic N) is 1. The fraction of sp³-hybridized carbons (Fsp3) is 0.444. The van der Waals surface area contributed by atoms with Crippen molar-refractivity contribution in [1.82, 2.24) is 19.7 Å². The maximum absolute atomic E-state index is 10.3. The van der Waals surface area contributed by atoms with E-state index in [0.717, 1.165) is 42.5 Å². The zero-order valence-corrected chi connectivity index (χ0v) is 14.1. The molecule has 1 atom stereocenters. The van der Waals surface area contributed by atoms with Gasteiger partial charge in [0.15, 0.2) is 0 Å². The first kappa shape index (κ1) is 16.7. The van der Waals surface area contributed by atoms with Crippen molar-refractivity contribution in [1.29, 1.82) is 0 Å². The SMILES string of the molecule is C=CCc1ccccc1OC[C@H](O)CN1CCn2c(C)nnc2C1. The van der Waals surface area contributed by atoms with Crippen LogP contribution in [0.1, 0.15) is 17.2 Å². The lowest BCUT2D eigenvalue weighted by atomic mass is 10.1. The van der Waals surface area contributed by atoms with Gasteiger partial charge in [-0.15, -0.1) is 16.8 Å². The topological polar surface area (TPSA) is 63.4 Å². The molecule has 0 fully saturated rings. The third-order valence-electron chi connectivity index (χ3n) is 4.25. The van der Waals surface area contributed by atoms with Crippen molar-refractivity contribution < 1.29 is 9.84 Å². The second-order valence-electron chi connectivity index (χ2n) is 6.12. The van der Waals surface area contributed by atoms with Gasteiger partial charge in [-0.05, 0) is 25.0 Å². The molecule has 0 amide bonds. The van der Waals surface area contributed by atoms with E-state index in [1.54, 1.807) is 0 Å². The first-order valence-corrected chi connectivity index (χ1v) is 8.28. The Kier molecular flexibility index (Phi) is 5.27. The number of nitrogens with zero attached hydrogens (tertiary/aromatic N) is 4. The zero-order valence-electron chi connectivity index (χ0n) is 14.1. The van der Waals surface area contributed by atoms with Gasteiger partial charge < -0.3 is 14.4 Å². The number of benzene rings is 1. The quantitative estimate of drug-likeness (QED) is 0.782. The van der Waals surface area contributed by atoms with Crippen LogP contribution in [0.5, 0.6) is 5.75 Å². The Morgan fingerprint density at radius 3 is 3.00 bits per heavy atom. The summed E-state index contributed by atoms with van der Waals surface area (Å²) < 4.78 is 7.94. The van der Waals surface area contributed by atoms with Crippen molar-refractivity contribution in [3.63, 3.8) is 0 Å². The van der Waals surface area contributed by atoms with E-state index in [1.807, 2.05) is 37.3 Å². The van der Waals surface area contributed by atoms with Crippen molar-refractivity contribution >= 4 is 0 Å². The molecule has 1 aromatic carbocycles. The van der Waals surface area contributed by atoms with Crippen molar-refractivity contribution in [3.8, 4) is 5.75 Å². The van der Waals surface area contributed by atoms with Crippen LogP contribution >= 0.6 is 0 Å². The molecule has 6 heteroatoms. The highest BCUT2D eigenvalue weighted by atomic mass is 16.5. The van der Waals surface area contributed by atoms with E-state index in [9.17, 15) is 5.11 Å².